The molecule has 2 N–H and O–H groups in total. The average Bonchev–Trinajstić information content (AvgIpc) is 2.72. The van der Waals surface area contributed by atoms with E-state index in [0.29, 0.717) is 5.69 Å². The maximum Gasteiger partial charge on any atom is 0.321 e. The van der Waals surface area contributed by atoms with Crippen LogP contribution in [-0.2, 0) is 20.7 Å². The maximum atomic E-state index is 11.3. The number of nitrogens with one attached hydrogen (secondary N) is 2. The summed E-state index contributed by atoms with van der Waals surface area (Å²) in [5.74, 6) is -1.25. The van der Waals surface area contributed by atoms with Crippen LogP contribution in [0.25, 0.3) is 0 Å². The van der Waals surface area contributed by atoms with Crippen LogP contribution in [0, 0.1) is 6.92 Å². The molecule has 1 aromatic rings. The molecule has 8 heteroatoms. The van der Waals surface area contributed by atoms with Crippen LogP contribution < -0.4 is 10.6 Å². The summed E-state index contributed by atoms with van der Waals surface area (Å²) in [6.45, 7) is 1.34. The Morgan fingerprint density at radius 1 is 1.44 bits per heavy atom. The Hall–Kier alpha value is -1.96. The van der Waals surface area contributed by atoms with E-state index in [1.807, 2.05) is 12.2 Å². The van der Waals surface area contributed by atoms with Gasteiger partial charge in [-0.1, -0.05) is 0 Å². The lowest BCUT2D eigenvalue weighted by Crippen LogP contribution is -2.39. The van der Waals surface area contributed by atoms with Crippen molar-refractivity contribution in [2.24, 2.45) is 0 Å². The summed E-state index contributed by atoms with van der Waals surface area (Å²) in [7, 11) is 1.37. The smallest absolute Gasteiger partial charge is 0.321 e. The van der Waals surface area contributed by atoms with E-state index in [4.69, 9.17) is 4.74 Å². The van der Waals surface area contributed by atoms with Gasteiger partial charge in [-0.2, -0.15) is 0 Å². The normalized spacial score (nSPS) is 9.67. The molecule has 1 rings (SSSR count). The first-order chi connectivity index (χ1) is 8.51. The van der Waals surface area contributed by atoms with E-state index >= 15 is 0 Å². The van der Waals surface area contributed by atoms with Gasteiger partial charge < -0.3 is 10.1 Å². The Morgan fingerprint density at radius 3 is 2.72 bits per heavy atom. The summed E-state index contributed by atoms with van der Waals surface area (Å²) in [4.78, 5) is 37.3. The second-order valence-corrected chi connectivity index (χ2v) is 4.38. The third-order valence-corrected chi connectivity index (χ3v) is 2.66. The van der Waals surface area contributed by atoms with Gasteiger partial charge in [0.2, 0.25) is 0 Å². The van der Waals surface area contributed by atoms with Crippen molar-refractivity contribution in [2.75, 3.05) is 13.7 Å². The van der Waals surface area contributed by atoms with E-state index in [9.17, 15) is 14.4 Å². The number of hydrogen-bond donors (Lipinski definition) is 2. The molecule has 0 saturated carbocycles. The lowest BCUT2D eigenvalue weighted by Gasteiger charge is -2.04. The number of urea groups is 1. The third kappa shape index (κ3) is 4.91. The quantitative estimate of drug-likeness (QED) is 0.751. The van der Waals surface area contributed by atoms with Gasteiger partial charge in [-0.25, -0.2) is 9.78 Å². The lowest BCUT2D eigenvalue weighted by molar-refractivity contribution is -0.147. The summed E-state index contributed by atoms with van der Waals surface area (Å²) in [6.07, 6.45) is 0.0115. The van der Waals surface area contributed by atoms with Gasteiger partial charge in [0.05, 0.1) is 17.1 Å². The Morgan fingerprint density at radius 2 is 2.17 bits per heavy atom. The highest BCUT2D eigenvalue weighted by Gasteiger charge is 2.11. The zero-order valence-electron chi connectivity index (χ0n) is 9.98. The molecule has 1 heterocycles. The van der Waals surface area contributed by atoms with Crippen LogP contribution in [0.3, 0.4) is 0 Å². The molecule has 0 spiro atoms. The van der Waals surface area contributed by atoms with Crippen LogP contribution in [0.2, 0.25) is 0 Å². The van der Waals surface area contributed by atoms with Gasteiger partial charge in [-0.3, -0.25) is 14.9 Å². The predicted octanol–water partition coefficient (Wildman–Crippen LogP) is -0.00718. The van der Waals surface area contributed by atoms with Crippen molar-refractivity contribution >= 4 is 29.2 Å². The molecule has 3 amide bonds. The second kappa shape index (κ2) is 6.70. The molecule has 0 saturated heterocycles. The molecule has 0 radical (unpaired) electrons. The van der Waals surface area contributed by atoms with Crippen molar-refractivity contribution in [3.8, 4) is 0 Å². The van der Waals surface area contributed by atoms with Gasteiger partial charge in [0.1, 0.15) is 0 Å². The minimum atomic E-state index is -0.683. The number of aryl methyl sites for hydroxylation is 1. The van der Waals surface area contributed by atoms with Crippen LogP contribution >= 0.6 is 11.3 Å². The van der Waals surface area contributed by atoms with Crippen LogP contribution in [0.5, 0.6) is 0 Å². The van der Waals surface area contributed by atoms with Crippen LogP contribution in [-0.4, -0.2) is 36.5 Å². The van der Waals surface area contributed by atoms with Gasteiger partial charge in [-0.05, 0) is 6.92 Å². The topological polar surface area (TPSA) is 97.4 Å². The highest BCUT2D eigenvalue weighted by Crippen LogP contribution is 2.08. The minimum Gasteiger partial charge on any atom is -0.455 e. The van der Waals surface area contributed by atoms with Crippen molar-refractivity contribution < 1.29 is 19.1 Å². The summed E-state index contributed by atoms with van der Waals surface area (Å²) < 4.78 is 4.70. The number of ether oxygens (including phenoxy) is 1. The standard InChI is InChI=1S/C10H13N3O4S/c1-6-12-7(5-18-6)3-9(15)17-4-8(14)13-10(16)11-2/h5H,3-4H2,1-2H3,(H2,11,13,14,16). The molecule has 1 aromatic heterocycles. The number of esters is 1. The summed E-state index contributed by atoms with van der Waals surface area (Å²) >= 11 is 1.43. The number of amides is 3. The summed E-state index contributed by atoms with van der Waals surface area (Å²) in [5.41, 5.74) is 0.606. The first-order valence-corrected chi connectivity index (χ1v) is 5.97. The largest absolute Gasteiger partial charge is 0.455 e. The van der Waals surface area contributed by atoms with Crippen LogP contribution in [0.1, 0.15) is 10.7 Å². The number of carbonyl (C=O) groups excluding carboxylic acids is 3. The Labute approximate surface area is 108 Å². The molecule has 98 valence electrons. The maximum absolute atomic E-state index is 11.3. The fourth-order valence-corrected chi connectivity index (χ4v) is 1.67. The molecule has 0 unspecified atom stereocenters. The van der Waals surface area contributed by atoms with E-state index in [1.165, 1.54) is 18.4 Å². The minimum absolute atomic E-state index is 0.0115. The second-order valence-electron chi connectivity index (χ2n) is 3.32. The zero-order chi connectivity index (χ0) is 13.5. The average molecular weight is 271 g/mol. The molecule has 0 atom stereocenters. The van der Waals surface area contributed by atoms with E-state index in [1.54, 1.807) is 5.38 Å². The highest BCUT2D eigenvalue weighted by molar-refractivity contribution is 7.09. The first kappa shape index (κ1) is 14.1. The summed E-state index contributed by atoms with van der Waals surface area (Å²) in [6, 6.07) is -0.647. The number of hydrogen-bond acceptors (Lipinski definition) is 6. The van der Waals surface area contributed by atoms with Crippen molar-refractivity contribution in [2.45, 2.75) is 13.3 Å². The molecule has 7 nitrogen and oxygen atoms in total. The monoisotopic (exact) mass is 271 g/mol. The number of carbonyl (C=O) groups is 3. The molecule has 0 fully saturated rings. The Bertz CT molecular complexity index is 458. The van der Waals surface area contributed by atoms with Crippen LogP contribution in [0.4, 0.5) is 4.79 Å². The number of nitrogens with zero attached hydrogens (tertiary/aromatic N) is 1. The van der Waals surface area contributed by atoms with Crippen LogP contribution in [0.15, 0.2) is 5.38 Å². The van der Waals surface area contributed by atoms with Crippen molar-refractivity contribution in [1.29, 1.82) is 0 Å². The van der Waals surface area contributed by atoms with E-state index in [0.717, 1.165) is 5.01 Å². The first-order valence-electron chi connectivity index (χ1n) is 5.09. The van der Waals surface area contributed by atoms with Gasteiger partial charge >= 0.3 is 12.0 Å². The number of rotatable bonds is 4. The molecule has 0 bridgehead atoms. The fraction of sp³-hybridized carbons (Fsp3) is 0.400. The number of aromatic nitrogens is 1. The van der Waals surface area contributed by atoms with Crippen molar-refractivity contribution in [3.63, 3.8) is 0 Å². The number of thiazole rings is 1. The third-order valence-electron chi connectivity index (χ3n) is 1.84. The Balaban J connectivity index is 2.29. The van der Waals surface area contributed by atoms with Gasteiger partial charge in [0.15, 0.2) is 6.61 Å². The highest BCUT2D eigenvalue weighted by atomic mass is 32.1. The Kier molecular flexibility index (Phi) is 5.25. The van der Waals surface area contributed by atoms with E-state index in [2.05, 4.69) is 10.3 Å². The van der Waals surface area contributed by atoms with Gasteiger partial charge in [0.25, 0.3) is 5.91 Å². The number of imide groups is 1. The fourth-order valence-electron chi connectivity index (χ4n) is 1.06. The van der Waals surface area contributed by atoms with Gasteiger partial charge in [-0.15, -0.1) is 11.3 Å². The van der Waals surface area contributed by atoms with E-state index < -0.39 is 24.5 Å². The molecular formula is C10H13N3O4S. The summed E-state index contributed by atoms with van der Waals surface area (Å²) in [5, 5.41) is 6.79. The van der Waals surface area contributed by atoms with Gasteiger partial charge in [0, 0.05) is 12.4 Å². The molecule has 18 heavy (non-hydrogen) atoms. The molecular weight excluding hydrogens is 258 g/mol. The lowest BCUT2D eigenvalue weighted by atomic mass is 10.3. The molecule has 0 aliphatic rings. The molecule has 0 aromatic carbocycles. The van der Waals surface area contributed by atoms with Crippen molar-refractivity contribution in [3.05, 3.63) is 16.1 Å². The molecule has 0 aliphatic carbocycles. The zero-order valence-corrected chi connectivity index (χ0v) is 10.8. The molecule has 0 aliphatic heterocycles. The van der Waals surface area contributed by atoms with Crippen molar-refractivity contribution in [1.82, 2.24) is 15.6 Å². The predicted molar refractivity (Wildman–Crippen MR) is 64.1 cm³/mol. The SMILES string of the molecule is CNC(=O)NC(=O)COC(=O)Cc1csc(C)n1. The van der Waals surface area contributed by atoms with E-state index in [-0.39, 0.29) is 6.42 Å².